The summed E-state index contributed by atoms with van der Waals surface area (Å²) >= 11 is 0. The molecule has 0 aliphatic carbocycles. The van der Waals surface area contributed by atoms with Gasteiger partial charge in [-0.05, 0) is 17.7 Å². The van der Waals surface area contributed by atoms with E-state index in [1.807, 2.05) is 5.43 Å². The Balaban J connectivity index is 2.52. The third kappa shape index (κ3) is 3.20. The molecule has 74 valence electrons. The van der Waals surface area contributed by atoms with E-state index in [-0.39, 0.29) is 5.82 Å². The number of rotatable bonds is 2. The van der Waals surface area contributed by atoms with Crippen LogP contribution < -0.4 is 16.7 Å². The molecule has 0 aliphatic heterocycles. The highest BCUT2D eigenvalue weighted by molar-refractivity contribution is 5.81. The molecule has 0 aliphatic rings. The molecule has 0 radical (unpaired) electrons. The first-order valence-corrected chi connectivity index (χ1v) is 3.77. The number of nitrogens with zero attached hydrogens (tertiary/aromatic N) is 1. The van der Waals surface area contributed by atoms with E-state index in [4.69, 9.17) is 5.84 Å². The number of amides is 2. The van der Waals surface area contributed by atoms with Crippen molar-refractivity contribution in [3.8, 4) is 0 Å². The maximum Gasteiger partial charge on any atom is 0.349 e. The van der Waals surface area contributed by atoms with Crippen LogP contribution in [0.25, 0.3) is 0 Å². The Labute approximate surface area is 79.8 Å². The van der Waals surface area contributed by atoms with E-state index in [2.05, 4.69) is 10.5 Å². The highest BCUT2D eigenvalue weighted by atomic mass is 19.1. The molecule has 4 N–H and O–H groups in total. The third-order valence-electron chi connectivity index (χ3n) is 1.38. The quantitative estimate of drug-likeness (QED) is 0.276. The molecule has 6 heteroatoms. The zero-order chi connectivity index (χ0) is 10.4. The minimum absolute atomic E-state index is 0.324. The maximum absolute atomic E-state index is 12.5. The smallest absolute Gasteiger partial charge is 0.274 e. The van der Waals surface area contributed by atoms with Gasteiger partial charge in [-0.3, -0.25) is 5.43 Å². The van der Waals surface area contributed by atoms with Gasteiger partial charge in [-0.1, -0.05) is 12.1 Å². The van der Waals surface area contributed by atoms with Crippen LogP contribution in [0.4, 0.5) is 9.18 Å². The monoisotopic (exact) mass is 196 g/mol. The zero-order valence-corrected chi connectivity index (χ0v) is 7.20. The lowest BCUT2D eigenvalue weighted by Crippen LogP contribution is -2.37. The molecule has 0 saturated heterocycles. The van der Waals surface area contributed by atoms with E-state index in [1.54, 1.807) is 0 Å². The first-order valence-electron chi connectivity index (χ1n) is 3.77. The Morgan fingerprint density at radius 1 is 1.43 bits per heavy atom. The second-order valence-corrected chi connectivity index (χ2v) is 2.40. The number of hydrazone groups is 1. The van der Waals surface area contributed by atoms with Gasteiger partial charge in [0, 0.05) is 0 Å². The molecule has 1 aromatic rings. The number of hydrogen-bond acceptors (Lipinski definition) is 3. The Hall–Kier alpha value is -1.95. The molecular formula is C8H9FN4O. The van der Waals surface area contributed by atoms with E-state index in [0.29, 0.717) is 5.56 Å². The molecule has 0 spiro atoms. The lowest BCUT2D eigenvalue weighted by molar-refractivity contribution is 0.241. The van der Waals surface area contributed by atoms with Crippen molar-refractivity contribution < 1.29 is 9.18 Å². The lowest BCUT2D eigenvalue weighted by Gasteiger charge is -1.95. The first-order chi connectivity index (χ1) is 6.72. The van der Waals surface area contributed by atoms with E-state index in [0.717, 1.165) is 0 Å². The van der Waals surface area contributed by atoms with E-state index in [1.165, 1.54) is 30.5 Å². The van der Waals surface area contributed by atoms with Crippen LogP contribution in [0.15, 0.2) is 29.4 Å². The second kappa shape index (κ2) is 4.93. The Bertz CT molecular complexity index is 336. The number of hydrazine groups is 1. The number of urea groups is 1. The van der Waals surface area contributed by atoms with Crippen molar-refractivity contribution in [2.45, 2.75) is 0 Å². The minimum Gasteiger partial charge on any atom is -0.274 e. The fourth-order valence-corrected chi connectivity index (χ4v) is 0.747. The molecule has 0 bridgehead atoms. The molecule has 2 amide bonds. The van der Waals surface area contributed by atoms with Gasteiger partial charge < -0.3 is 0 Å². The van der Waals surface area contributed by atoms with Gasteiger partial charge in [0.05, 0.1) is 6.21 Å². The van der Waals surface area contributed by atoms with Crippen LogP contribution in [0.1, 0.15) is 5.56 Å². The fraction of sp³-hybridized carbons (Fsp3) is 0. The van der Waals surface area contributed by atoms with Gasteiger partial charge in [0.1, 0.15) is 5.82 Å². The Kier molecular flexibility index (Phi) is 3.57. The normalized spacial score (nSPS) is 10.1. The average molecular weight is 196 g/mol. The maximum atomic E-state index is 12.5. The summed E-state index contributed by atoms with van der Waals surface area (Å²) in [5.74, 6) is 4.46. The van der Waals surface area contributed by atoms with Gasteiger partial charge in [-0.15, -0.1) is 0 Å². The van der Waals surface area contributed by atoms with Crippen molar-refractivity contribution in [1.29, 1.82) is 0 Å². The van der Waals surface area contributed by atoms with Crippen molar-refractivity contribution in [2.75, 3.05) is 0 Å². The lowest BCUT2D eigenvalue weighted by atomic mass is 10.2. The SMILES string of the molecule is NNC(=O)NN=Cc1ccc(F)cc1. The van der Waals surface area contributed by atoms with Gasteiger partial charge in [0.25, 0.3) is 0 Å². The van der Waals surface area contributed by atoms with Crippen molar-refractivity contribution >= 4 is 12.2 Å². The first kappa shape index (κ1) is 10.1. The third-order valence-corrected chi connectivity index (χ3v) is 1.38. The molecular weight excluding hydrogens is 187 g/mol. The molecule has 0 unspecified atom stereocenters. The zero-order valence-electron chi connectivity index (χ0n) is 7.20. The van der Waals surface area contributed by atoms with Crippen LogP contribution in [0.2, 0.25) is 0 Å². The summed E-state index contributed by atoms with van der Waals surface area (Å²) < 4.78 is 12.5. The standard InChI is InChI=1S/C8H9FN4O/c9-7-3-1-6(2-4-7)5-11-13-8(14)12-10/h1-5H,10H2,(H2,12,13,14). The second-order valence-electron chi connectivity index (χ2n) is 2.40. The van der Waals surface area contributed by atoms with Crippen LogP contribution in [-0.4, -0.2) is 12.2 Å². The molecule has 0 fully saturated rings. The van der Waals surface area contributed by atoms with Crippen molar-refractivity contribution in [3.63, 3.8) is 0 Å². The molecule has 5 nitrogen and oxygen atoms in total. The van der Waals surface area contributed by atoms with Crippen LogP contribution in [0.5, 0.6) is 0 Å². The number of carbonyl (C=O) groups is 1. The Morgan fingerprint density at radius 3 is 2.64 bits per heavy atom. The van der Waals surface area contributed by atoms with Gasteiger partial charge in [-0.25, -0.2) is 20.5 Å². The number of nitrogens with two attached hydrogens (primary N) is 1. The van der Waals surface area contributed by atoms with Crippen LogP contribution in [0.3, 0.4) is 0 Å². The molecule has 0 heterocycles. The average Bonchev–Trinajstić information content (AvgIpc) is 2.21. The van der Waals surface area contributed by atoms with Gasteiger partial charge in [-0.2, -0.15) is 5.10 Å². The molecule has 1 rings (SSSR count). The molecule has 1 aromatic carbocycles. The van der Waals surface area contributed by atoms with Crippen LogP contribution in [-0.2, 0) is 0 Å². The highest BCUT2D eigenvalue weighted by Crippen LogP contribution is 1.99. The van der Waals surface area contributed by atoms with Crippen molar-refractivity contribution in [2.24, 2.45) is 10.9 Å². The predicted molar refractivity (Wildman–Crippen MR) is 49.8 cm³/mol. The number of hydrogen-bond donors (Lipinski definition) is 3. The van der Waals surface area contributed by atoms with Gasteiger partial charge in [0.15, 0.2) is 0 Å². The summed E-state index contributed by atoms with van der Waals surface area (Å²) in [4.78, 5) is 10.5. The van der Waals surface area contributed by atoms with Crippen LogP contribution >= 0.6 is 0 Å². The fourth-order valence-electron chi connectivity index (χ4n) is 0.747. The number of halogens is 1. The number of nitrogens with one attached hydrogen (secondary N) is 2. The van der Waals surface area contributed by atoms with E-state index >= 15 is 0 Å². The van der Waals surface area contributed by atoms with Gasteiger partial charge in [0.2, 0.25) is 0 Å². The summed E-state index contributed by atoms with van der Waals surface area (Å²) in [6.45, 7) is 0. The van der Waals surface area contributed by atoms with E-state index < -0.39 is 6.03 Å². The highest BCUT2D eigenvalue weighted by Gasteiger charge is 1.91. The van der Waals surface area contributed by atoms with Crippen LogP contribution in [0, 0.1) is 5.82 Å². The largest absolute Gasteiger partial charge is 0.349 e. The molecule has 14 heavy (non-hydrogen) atoms. The van der Waals surface area contributed by atoms with Crippen molar-refractivity contribution in [1.82, 2.24) is 10.9 Å². The van der Waals surface area contributed by atoms with E-state index in [9.17, 15) is 9.18 Å². The molecule has 0 saturated carbocycles. The number of benzene rings is 1. The summed E-state index contributed by atoms with van der Waals surface area (Å²) in [5.41, 5.74) is 4.60. The summed E-state index contributed by atoms with van der Waals surface area (Å²) in [7, 11) is 0. The summed E-state index contributed by atoms with van der Waals surface area (Å²) in [5, 5.41) is 3.55. The molecule has 0 aromatic heterocycles. The predicted octanol–water partition coefficient (Wildman–Crippen LogP) is 0.333. The topological polar surface area (TPSA) is 79.5 Å². The minimum atomic E-state index is -0.622. The summed E-state index contributed by atoms with van der Waals surface area (Å²) in [6, 6.07) is 5.03. The number of carbonyl (C=O) groups excluding carboxylic acids is 1. The van der Waals surface area contributed by atoms with Crippen molar-refractivity contribution in [3.05, 3.63) is 35.6 Å². The van der Waals surface area contributed by atoms with Gasteiger partial charge >= 0.3 is 6.03 Å². The Morgan fingerprint density at radius 2 is 2.07 bits per heavy atom. The summed E-state index contributed by atoms with van der Waals surface area (Å²) in [6.07, 6.45) is 1.37. The molecule has 0 atom stereocenters.